The van der Waals surface area contributed by atoms with Gasteiger partial charge in [-0.15, -0.1) is 0 Å². The van der Waals surface area contributed by atoms with Crippen LogP contribution in [0.25, 0.3) is 5.69 Å². The summed E-state index contributed by atoms with van der Waals surface area (Å²) in [5.74, 6) is -1.03. The molecule has 1 heterocycles. The van der Waals surface area contributed by atoms with E-state index in [4.69, 9.17) is 16.3 Å². The number of nitrogens with one attached hydrogen (secondary N) is 1. The van der Waals surface area contributed by atoms with Crippen LogP contribution in [0.15, 0.2) is 54.9 Å². The Labute approximate surface area is 161 Å². The van der Waals surface area contributed by atoms with Gasteiger partial charge in [-0.3, -0.25) is 4.79 Å². The van der Waals surface area contributed by atoms with Crippen molar-refractivity contribution in [1.82, 2.24) is 9.78 Å². The molecule has 138 valence electrons. The molecule has 0 saturated carbocycles. The van der Waals surface area contributed by atoms with E-state index in [1.54, 1.807) is 47.4 Å². The summed E-state index contributed by atoms with van der Waals surface area (Å²) >= 11 is 6.17. The van der Waals surface area contributed by atoms with Crippen molar-refractivity contribution in [3.8, 4) is 5.69 Å². The first-order valence-corrected chi connectivity index (χ1v) is 8.65. The second-order valence-corrected chi connectivity index (χ2v) is 6.47. The summed E-state index contributed by atoms with van der Waals surface area (Å²) in [7, 11) is 0. The minimum absolute atomic E-state index is 0.350. The van der Waals surface area contributed by atoms with E-state index in [1.807, 2.05) is 26.0 Å². The third-order valence-electron chi connectivity index (χ3n) is 3.90. The molecule has 1 N–H and O–H groups in total. The smallest absolute Gasteiger partial charge is 0.338 e. The fourth-order valence-corrected chi connectivity index (χ4v) is 3.00. The Balaban J connectivity index is 1.58. The molecule has 0 fully saturated rings. The highest BCUT2D eigenvalue weighted by molar-refractivity contribution is 6.34. The lowest BCUT2D eigenvalue weighted by Crippen LogP contribution is -2.21. The van der Waals surface area contributed by atoms with Gasteiger partial charge < -0.3 is 10.1 Å². The number of anilines is 1. The van der Waals surface area contributed by atoms with Gasteiger partial charge in [0.1, 0.15) is 0 Å². The van der Waals surface area contributed by atoms with Gasteiger partial charge in [0.15, 0.2) is 6.61 Å². The van der Waals surface area contributed by atoms with Gasteiger partial charge in [-0.1, -0.05) is 17.7 Å². The third-order valence-corrected chi connectivity index (χ3v) is 4.20. The summed E-state index contributed by atoms with van der Waals surface area (Å²) in [6, 6.07) is 12.2. The molecule has 27 heavy (non-hydrogen) atoms. The molecule has 2 aromatic carbocycles. The van der Waals surface area contributed by atoms with Crippen molar-refractivity contribution in [1.29, 1.82) is 0 Å². The van der Waals surface area contributed by atoms with Crippen LogP contribution in [-0.4, -0.2) is 28.3 Å². The standard InChI is InChI=1S/C20H18ClN3O3/c1-13-10-14(2)19(17(21)11-13)23-18(25)12-27-20(26)15-4-6-16(7-5-15)24-9-3-8-22-24/h3-11H,12H2,1-2H3,(H,23,25). The topological polar surface area (TPSA) is 73.2 Å². The lowest BCUT2D eigenvalue weighted by atomic mass is 10.1. The fraction of sp³-hybridized carbons (Fsp3) is 0.150. The van der Waals surface area contributed by atoms with E-state index in [-0.39, 0.29) is 0 Å². The van der Waals surface area contributed by atoms with Crippen molar-refractivity contribution in [2.45, 2.75) is 13.8 Å². The molecule has 0 aliphatic heterocycles. The van der Waals surface area contributed by atoms with E-state index in [0.29, 0.717) is 16.3 Å². The number of hydrogen-bond acceptors (Lipinski definition) is 4. The molecular weight excluding hydrogens is 366 g/mol. The van der Waals surface area contributed by atoms with Crippen molar-refractivity contribution in [3.63, 3.8) is 0 Å². The number of benzene rings is 2. The zero-order chi connectivity index (χ0) is 19.4. The Bertz CT molecular complexity index is 944. The Kier molecular flexibility index (Phi) is 5.57. The van der Waals surface area contributed by atoms with Gasteiger partial charge in [-0.05, 0) is 61.4 Å². The number of aromatic nitrogens is 2. The van der Waals surface area contributed by atoms with Gasteiger partial charge in [0.25, 0.3) is 5.91 Å². The van der Waals surface area contributed by atoms with Crippen molar-refractivity contribution >= 4 is 29.2 Å². The van der Waals surface area contributed by atoms with Crippen molar-refractivity contribution < 1.29 is 14.3 Å². The Morgan fingerprint density at radius 2 is 1.93 bits per heavy atom. The van der Waals surface area contributed by atoms with E-state index in [1.165, 1.54) is 0 Å². The summed E-state index contributed by atoms with van der Waals surface area (Å²) < 4.78 is 6.76. The maximum Gasteiger partial charge on any atom is 0.338 e. The number of nitrogens with zero attached hydrogens (tertiary/aromatic N) is 2. The van der Waals surface area contributed by atoms with Crippen LogP contribution in [0.4, 0.5) is 5.69 Å². The zero-order valence-corrected chi connectivity index (χ0v) is 15.7. The van der Waals surface area contributed by atoms with Crippen LogP contribution in [0.5, 0.6) is 0 Å². The average molecular weight is 384 g/mol. The molecule has 0 spiro atoms. The Morgan fingerprint density at radius 3 is 2.56 bits per heavy atom. The lowest BCUT2D eigenvalue weighted by Gasteiger charge is -2.12. The van der Waals surface area contributed by atoms with E-state index in [2.05, 4.69) is 10.4 Å². The summed E-state index contributed by atoms with van der Waals surface area (Å²) in [6.07, 6.45) is 3.47. The van der Waals surface area contributed by atoms with Gasteiger partial charge in [0, 0.05) is 12.4 Å². The number of halogens is 1. The first-order valence-electron chi connectivity index (χ1n) is 8.28. The van der Waals surface area contributed by atoms with Crippen LogP contribution in [0.2, 0.25) is 5.02 Å². The quantitative estimate of drug-likeness (QED) is 0.677. The number of esters is 1. The molecule has 0 aliphatic carbocycles. The van der Waals surface area contributed by atoms with Gasteiger partial charge in [-0.2, -0.15) is 5.10 Å². The lowest BCUT2D eigenvalue weighted by molar-refractivity contribution is -0.119. The summed E-state index contributed by atoms with van der Waals surface area (Å²) in [4.78, 5) is 24.2. The second kappa shape index (κ2) is 8.05. The van der Waals surface area contributed by atoms with Crippen molar-refractivity contribution in [3.05, 3.63) is 76.6 Å². The first kappa shape index (κ1) is 18.7. The predicted molar refractivity (Wildman–Crippen MR) is 103 cm³/mol. The number of rotatable bonds is 5. The molecule has 3 aromatic rings. The number of aryl methyl sites for hydroxylation is 2. The number of carbonyl (C=O) groups is 2. The van der Waals surface area contributed by atoms with Crippen LogP contribution in [0.3, 0.4) is 0 Å². The highest BCUT2D eigenvalue weighted by atomic mass is 35.5. The summed E-state index contributed by atoms with van der Waals surface area (Å²) in [5.41, 5.74) is 3.53. The molecule has 0 aliphatic rings. The molecule has 1 amide bonds. The number of ether oxygens (including phenoxy) is 1. The third kappa shape index (κ3) is 4.54. The Hall–Kier alpha value is -3.12. The molecule has 0 saturated heterocycles. The van der Waals surface area contributed by atoms with Crippen LogP contribution in [0.1, 0.15) is 21.5 Å². The van der Waals surface area contributed by atoms with Crippen LogP contribution >= 0.6 is 11.6 Å². The normalized spacial score (nSPS) is 10.5. The number of carbonyl (C=O) groups excluding carboxylic acids is 2. The number of amides is 1. The average Bonchev–Trinajstić information content (AvgIpc) is 3.17. The molecule has 6 nitrogen and oxygen atoms in total. The SMILES string of the molecule is Cc1cc(C)c(NC(=O)COC(=O)c2ccc(-n3cccn3)cc2)c(Cl)c1. The molecular formula is C20H18ClN3O3. The van der Waals surface area contributed by atoms with Crippen LogP contribution in [0, 0.1) is 13.8 Å². The maximum atomic E-state index is 12.1. The van der Waals surface area contributed by atoms with Crippen molar-refractivity contribution in [2.75, 3.05) is 11.9 Å². The van der Waals surface area contributed by atoms with Crippen molar-refractivity contribution in [2.24, 2.45) is 0 Å². The van der Waals surface area contributed by atoms with Gasteiger partial charge in [-0.25, -0.2) is 9.48 Å². The van der Waals surface area contributed by atoms with E-state index in [9.17, 15) is 9.59 Å². The molecule has 0 atom stereocenters. The van der Waals surface area contributed by atoms with Gasteiger partial charge >= 0.3 is 5.97 Å². The molecule has 0 unspecified atom stereocenters. The molecule has 1 aromatic heterocycles. The summed E-state index contributed by atoms with van der Waals surface area (Å²) in [6.45, 7) is 3.37. The second-order valence-electron chi connectivity index (χ2n) is 6.06. The van der Waals surface area contributed by atoms with Gasteiger partial charge in [0.2, 0.25) is 0 Å². The van der Waals surface area contributed by atoms with E-state index < -0.39 is 18.5 Å². The molecule has 7 heteroatoms. The van der Waals surface area contributed by atoms with Crippen LogP contribution < -0.4 is 5.32 Å². The maximum absolute atomic E-state index is 12.1. The predicted octanol–water partition coefficient (Wildman–Crippen LogP) is 3.94. The minimum Gasteiger partial charge on any atom is -0.452 e. The molecule has 3 rings (SSSR count). The van der Waals surface area contributed by atoms with E-state index in [0.717, 1.165) is 16.8 Å². The highest BCUT2D eigenvalue weighted by Crippen LogP contribution is 2.27. The first-order chi connectivity index (χ1) is 12.9. The van der Waals surface area contributed by atoms with Gasteiger partial charge in [0.05, 0.1) is 22.0 Å². The molecule has 0 radical (unpaired) electrons. The largest absolute Gasteiger partial charge is 0.452 e. The summed E-state index contributed by atoms with van der Waals surface area (Å²) in [5, 5.41) is 7.24. The number of hydrogen-bond donors (Lipinski definition) is 1. The van der Waals surface area contributed by atoms with Crippen LogP contribution in [-0.2, 0) is 9.53 Å². The molecule has 0 bridgehead atoms. The zero-order valence-electron chi connectivity index (χ0n) is 14.9. The monoisotopic (exact) mass is 383 g/mol. The van der Waals surface area contributed by atoms with E-state index >= 15 is 0 Å². The Morgan fingerprint density at radius 1 is 1.19 bits per heavy atom. The minimum atomic E-state index is -0.580. The highest BCUT2D eigenvalue weighted by Gasteiger charge is 2.13. The fourth-order valence-electron chi connectivity index (χ4n) is 2.64.